The minimum atomic E-state index is -0.790. The van der Waals surface area contributed by atoms with Crippen molar-refractivity contribution < 1.29 is 23.9 Å². The summed E-state index contributed by atoms with van der Waals surface area (Å²) in [7, 11) is 0. The Morgan fingerprint density at radius 3 is 2.21 bits per heavy atom. The lowest BCUT2D eigenvalue weighted by Gasteiger charge is -2.21. The van der Waals surface area contributed by atoms with Crippen LogP contribution in [0.5, 0.6) is 0 Å². The zero-order chi connectivity index (χ0) is 21.0. The van der Waals surface area contributed by atoms with Crippen LogP contribution in [0.2, 0.25) is 0 Å². The third kappa shape index (κ3) is 3.97. The van der Waals surface area contributed by atoms with Gasteiger partial charge in [-0.25, -0.2) is 4.79 Å². The number of nitrogens with zero attached hydrogens (tertiary/aromatic N) is 1. The molecule has 0 saturated heterocycles. The quantitative estimate of drug-likeness (QED) is 0.576. The standard InChI is InChI=1S/C23H23NO5/c1-3-5-13-24(4-2)19(25)14-29-23(28)18-12-8-11-17-20(18)22(27)16-10-7-6-9-15(16)21(17)26/h6-12H,3-5,13-14H2,1-2H3. The van der Waals surface area contributed by atoms with Crippen molar-refractivity contribution in [1.82, 2.24) is 4.90 Å². The lowest BCUT2D eigenvalue weighted by molar-refractivity contribution is -0.134. The van der Waals surface area contributed by atoms with Crippen molar-refractivity contribution in [3.8, 4) is 0 Å². The molecule has 0 aliphatic heterocycles. The van der Waals surface area contributed by atoms with Gasteiger partial charge in [-0.2, -0.15) is 0 Å². The molecule has 0 aromatic heterocycles. The molecule has 150 valence electrons. The molecule has 1 aliphatic rings. The van der Waals surface area contributed by atoms with Crippen LogP contribution < -0.4 is 0 Å². The maximum atomic E-state index is 13.0. The van der Waals surface area contributed by atoms with Crippen LogP contribution in [0.3, 0.4) is 0 Å². The first kappa shape index (κ1) is 20.5. The van der Waals surface area contributed by atoms with Crippen LogP contribution in [0.4, 0.5) is 0 Å². The average Bonchev–Trinajstić information content (AvgIpc) is 2.75. The highest BCUT2D eigenvalue weighted by Crippen LogP contribution is 2.29. The van der Waals surface area contributed by atoms with E-state index in [1.807, 2.05) is 13.8 Å². The molecule has 1 amide bonds. The van der Waals surface area contributed by atoms with E-state index in [0.29, 0.717) is 18.7 Å². The minimum Gasteiger partial charge on any atom is -0.452 e. The molecule has 0 N–H and O–H groups in total. The number of amides is 1. The molecule has 6 heteroatoms. The second-order valence-electron chi connectivity index (χ2n) is 6.84. The first-order valence-corrected chi connectivity index (χ1v) is 9.75. The Labute approximate surface area is 169 Å². The molecule has 0 bridgehead atoms. The molecule has 1 aliphatic carbocycles. The summed E-state index contributed by atoms with van der Waals surface area (Å²) < 4.78 is 5.20. The lowest BCUT2D eigenvalue weighted by atomic mass is 9.82. The van der Waals surface area contributed by atoms with Crippen LogP contribution in [-0.4, -0.2) is 48.0 Å². The fourth-order valence-electron chi connectivity index (χ4n) is 3.42. The number of hydrogen-bond acceptors (Lipinski definition) is 5. The minimum absolute atomic E-state index is 0.000222. The largest absolute Gasteiger partial charge is 0.452 e. The molecule has 0 spiro atoms. The fourth-order valence-corrected chi connectivity index (χ4v) is 3.42. The van der Waals surface area contributed by atoms with Crippen LogP contribution in [0, 0.1) is 0 Å². The average molecular weight is 393 g/mol. The summed E-state index contributed by atoms with van der Waals surface area (Å²) in [6, 6.07) is 11.0. The Bertz CT molecular complexity index is 979. The van der Waals surface area contributed by atoms with E-state index in [9.17, 15) is 19.2 Å². The number of benzene rings is 2. The molecule has 0 heterocycles. The molecule has 0 fully saturated rings. The molecule has 2 aromatic carbocycles. The van der Waals surface area contributed by atoms with Crippen LogP contribution in [0.25, 0.3) is 0 Å². The monoisotopic (exact) mass is 393 g/mol. The van der Waals surface area contributed by atoms with Gasteiger partial charge in [-0.1, -0.05) is 49.7 Å². The Balaban J connectivity index is 1.82. The molecule has 3 rings (SSSR count). The number of esters is 1. The van der Waals surface area contributed by atoms with E-state index in [2.05, 4.69) is 0 Å². The predicted molar refractivity (Wildman–Crippen MR) is 107 cm³/mol. The number of ketones is 2. The Hall–Kier alpha value is -3.28. The van der Waals surface area contributed by atoms with E-state index in [-0.39, 0.29) is 33.9 Å². The highest BCUT2D eigenvalue weighted by atomic mass is 16.5. The maximum Gasteiger partial charge on any atom is 0.339 e. The first-order chi connectivity index (χ1) is 14.0. The van der Waals surface area contributed by atoms with E-state index in [4.69, 9.17) is 4.74 Å². The second-order valence-corrected chi connectivity index (χ2v) is 6.84. The summed E-state index contributed by atoms with van der Waals surface area (Å²) in [5, 5.41) is 0. The van der Waals surface area contributed by atoms with Gasteiger partial charge in [0.25, 0.3) is 5.91 Å². The molecule has 29 heavy (non-hydrogen) atoms. The number of carbonyl (C=O) groups is 4. The number of ether oxygens (including phenoxy) is 1. The molecule has 2 aromatic rings. The van der Waals surface area contributed by atoms with E-state index in [1.54, 1.807) is 29.2 Å². The first-order valence-electron chi connectivity index (χ1n) is 9.75. The van der Waals surface area contributed by atoms with Gasteiger partial charge in [0.2, 0.25) is 0 Å². The highest BCUT2D eigenvalue weighted by Gasteiger charge is 2.33. The molecule has 0 atom stereocenters. The van der Waals surface area contributed by atoms with Crippen LogP contribution >= 0.6 is 0 Å². The third-order valence-corrected chi connectivity index (χ3v) is 5.02. The summed E-state index contributed by atoms with van der Waals surface area (Å²) in [5.41, 5.74) is 0.789. The zero-order valence-corrected chi connectivity index (χ0v) is 16.6. The van der Waals surface area contributed by atoms with Gasteiger partial charge in [0.15, 0.2) is 18.2 Å². The van der Waals surface area contributed by atoms with Crippen molar-refractivity contribution in [2.75, 3.05) is 19.7 Å². The smallest absolute Gasteiger partial charge is 0.339 e. The third-order valence-electron chi connectivity index (χ3n) is 5.02. The van der Waals surface area contributed by atoms with Gasteiger partial charge in [-0.15, -0.1) is 0 Å². The Morgan fingerprint density at radius 1 is 0.897 bits per heavy atom. The van der Waals surface area contributed by atoms with Crippen molar-refractivity contribution >= 4 is 23.4 Å². The van der Waals surface area contributed by atoms with Gasteiger partial charge >= 0.3 is 5.97 Å². The number of unbranched alkanes of at least 4 members (excludes halogenated alkanes) is 1. The van der Waals surface area contributed by atoms with Crippen LogP contribution in [-0.2, 0) is 9.53 Å². The summed E-state index contributed by atoms with van der Waals surface area (Å²) in [6.45, 7) is 4.63. The van der Waals surface area contributed by atoms with E-state index in [1.165, 1.54) is 18.2 Å². The zero-order valence-electron chi connectivity index (χ0n) is 16.6. The topological polar surface area (TPSA) is 80.8 Å². The summed E-state index contributed by atoms with van der Waals surface area (Å²) in [4.78, 5) is 52.3. The highest BCUT2D eigenvalue weighted by molar-refractivity contribution is 6.30. The van der Waals surface area contributed by atoms with E-state index >= 15 is 0 Å². The Morgan fingerprint density at radius 2 is 1.55 bits per heavy atom. The SMILES string of the molecule is CCCCN(CC)C(=O)COC(=O)c1cccc2c1C(=O)c1ccccc1C2=O. The lowest BCUT2D eigenvalue weighted by Crippen LogP contribution is -2.35. The van der Waals surface area contributed by atoms with Crippen molar-refractivity contribution in [3.63, 3.8) is 0 Å². The van der Waals surface area contributed by atoms with Gasteiger partial charge in [-0.3, -0.25) is 14.4 Å². The predicted octanol–water partition coefficient (Wildman–Crippen LogP) is 3.27. The summed E-state index contributed by atoms with van der Waals surface area (Å²) >= 11 is 0. The van der Waals surface area contributed by atoms with Crippen molar-refractivity contribution in [1.29, 1.82) is 0 Å². The maximum absolute atomic E-state index is 13.0. The number of carbonyl (C=O) groups excluding carboxylic acids is 4. The van der Waals surface area contributed by atoms with Crippen molar-refractivity contribution in [2.45, 2.75) is 26.7 Å². The molecule has 0 unspecified atom stereocenters. The van der Waals surface area contributed by atoms with E-state index < -0.39 is 18.4 Å². The molecule has 0 saturated carbocycles. The van der Waals surface area contributed by atoms with Gasteiger partial charge in [0.05, 0.1) is 5.56 Å². The normalized spacial score (nSPS) is 12.2. The fraction of sp³-hybridized carbons (Fsp3) is 0.304. The van der Waals surface area contributed by atoms with Crippen LogP contribution in [0.1, 0.15) is 68.9 Å². The summed E-state index contributed by atoms with van der Waals surface area (Å²) in [6.07, 6.45) is 1.83. The van der Waals surface area contributed by atoms with Gasteiger partial charge in [0, 0.05) is 35.3 Å². The second kappa shape index (κ2) is 8.82. The molecular weight excluding hydrogens is 370 g/mol. The van der Waals surface area contributed by atoms with Crippen molar-refractivity contribution in [3.05, 3.63) is 70.3 Å². The van der Waals surface area contributed by atoms with Gasteiger partial charge in [0.1, 0.15) is 0 Å². The number of fused-ring (bicyclic) bond motifs is 2. The molecule has 6 nitrogen and oxygen atoms in total. The van der Waals surface area contributed by atoms with Gasteiger partial charge in [-0.05, 0) is 19.4 Å². The molecule has 0 radical (unpaired) electrons. The van der Waals surface area contributed by atoms with Gasteiger partial charge < -0.3 is 9.64 Å². The van der Waals surface area contributed by atoms with Crippen molar-refractivity contribution in [2.24, 2.45) is 0 Å². The summed E-state index contributed by atoms with van der Waals surface area (Å²) in [5.74, 6) is -1.78. The molecular formula is C23H23NO5. The number of rotatable bonds is 7. The number of hydrogen-bond donors (Lipinski definition) is 0. The number of likely N-dealkylation sites (N-methyl/N-ethyl adjacent to an activating group) is 1. The van der Waals surface area contributed by atoms with Crippen LogP contribution in [0.15, 0.2) is 42.5 Å². The van der Waals surface area contributed by atoms with E-state index in [0.717, 1.165) is 12.8 Å². The Kier molecular flexibility index (Phi) is 6.22.